The minimum absolute atomic E-state index is 0.0274. The third-order valence-corrected chi connectivity index (χ3v) is 3.21. The summed E-state index contributed by atoms with van der Waals surface area (Å²) in [6, 6.07) is 0.378. The standard InChI is InChI=1S/C13H21N5O/c1-4-10-16-12(14)8(2)13(17-10)18(3)7-11(19)15-9-5-6-9/h9H,4-7H2,1-3H3,(H,15,19)(H2,14,16,17). The quantitative estimate of drug-likeness (QED) is 0.814. The lowest BCUT2D eigenvalue weighted by atomic mass is 10.2. The zero-order valence-electron chi connectivity index (χ0n) is 11.7. The molecule has 1 heterocycles. The summed E-state index contributed by atoms with van der Waals surface area (Å²) in [6.45, 7) is 4.14. The lowest BCUT2D eigenvalue weighted by molar-refractivity contribution is -0.119. The largest absolute Gasteiger partial charge is 0.383 e. The number of carbonyl (C=O) groups excluding carboxylic acids is 1. The topological polar surface area (TPSA) is 84.1 Å². The minimum Gasteiger partial charge on any atom is -0.383 e. The minimum atomic E-state index is 0.0274. The molecular formula is C13H21N5O. The van der Waals surface area contributed by atoms with Crippen molar-refractivity contribution in [3.05, 3.63) is 11.4 Å². The summed E-state index contributed by atoms with van der Waals surface area (Å²) in [5.74, 6) is 1.94. The summed E-state index contributed by atoms with van der Waals surface area (Å²) in [5, 5.41) is 2.96. The number of likely N-dealkylation sites (N-methyl/N-ethyl adjacent to an activating group) is 1. The van der Waals surface area contributed by atoms with Crippen LogP contribution in [0.1, 0.15) is 31.2 Å². The first-order chi connectivity index (χ1) is 9.01. The second-order valence-electron chi connectivity index (χ2n) is 5.03. The van der Waals surface area contributed by atoms with Crippen LogP contribution in [-0.2, 0) is 11.2 Å². The van der Waals surface area contributed by atoms with Gasteiger partial charge >= 0.3 is 0 Å². The van der Waals surface area contributed by atoms with Gasteiger partial charge in [-0.15, -0.1) is 0 Å². The summed E-state index contributed by atoms with van der Waals surface area (Å²) in [6.07, 6.45) is 2.91. The Kier molecular flexibility index (Phi) is 3.87. The number of nitrogens with zero attached hydrogens (tertiary/aromatic N) is 3. The predicted molar refractivity (Wildman–Crippen MR) is 75.0 cm³/mol. The van der Waals surface area contributed by atoms with E-state index in [4.69, 9.17) is 5.73 Å². The fourth-order valence-corrected chi connectivity index (χ4v) is 1.89. The van der Waals surface area contributed by atoms with Gasteiger partial charge in [0.25, 0.3) is 0 Å². The van der Waals surface area contributed by atoms with Crippen LogP contribution in [0.15, 0.2) is 0 Å². The summed E-state index contributed by atoms with van der Waals surface area (Å²) in [4.78, 5) is 22.3. The van der Waals surface area contributed by atoms with E-state index in [0.29, 0.717) is 17.7 Å². The van der Waals surface area contributed by atoms with Gasteiger partial charge < -0.3 is 16.0 Å². The van der Waals surface area contributed by atoms with Gasteiger partial charge in [-0.1, -0.05) is 6.92 Å². The van der Waals surface area contributed by atoms with Gasteiger partial charge in [-0.05, 0) is 19.8 Å². The number of nitrogen functional groups attached to an aromatic ring is 1. The molecule has 0 saturated heterocycles. The Morgan fingerprint density at radius 3 is 2.74 bits per heavy atom. The van der Waals surface area contributed by atoms with Gasteiger partial charge in [0.2, 0.25) is 5.91 Å². The van der Waals surface area contributed by atoms with Crippen molar-refractivity contribution >= 4 is 17.5 Å². The highest BCUT2D eigenvalue weighted by Gasteiger charge is 2.24. The van der Waals surface area contributed by atoms with Gasteiger partial charge in [0.05, 0.1) is 6.54 Å². The first-order valence-corrected chi connectivity index (χ1v) is 6.64. The SMILES string of the molecule is CCc1nc(N)c(C)c(N(C)CC(=O)NC2CC2)n1. The molecule has 6 nitrogen and oxygen atoms in total. The maximum Gasteiger partial charge on any atom is 0.239 e. The molecule has 0 aliphatic heterocycles. The van der Waals surface area contributed by atoms with Crippen LogP contribution in [0.2, 0.25) is 0 Å². The summed E-state index contributed by atoms with van der Waals surface area (Å²) in [7, 11) is 1.85. The van der Waals surface area contributed by atoms with Crippen LogP contribution in [-0.4, -0.2) is 35.5 Å². The Labute approximate surface area is 113 Å². The van der Waals surface area contributed by atoms with Crippen LogP contribution < -0.4 is 16.0 Å². The van der Waals surface area contributed by atoms with Gasteiger partial charge in [-0.2, -0.15) is 0 Å². The van der Waals surface area contributed by atoms with E-state index < -0.39 is 0 Å². The number of carbonyl (C=O) groups is 1. The summed E-state index contributed by atoms with van der Waals surface area (Å²) in [5.41, 5.74) is 6.70. The summed E-state index contributed by atoms with van der Waals surface area (Å²) < 4.78 is 0. The molecule has 0 bridgehead atoms. The zero-order chi connectivity index (χ0) is 14.0. The first kappa shape index (κ1) is 13.6. The van der Waals surface area contributed by atoms with E-state index in [-0.39, 0.29) is 12.5 Å². The highest BCUT2D eigenvalue weighted by Crippen LogP contribution is 2.21. The molecule has 1 aromatic rings. The molecule has 19 heavy (non-hydrogen) atoms. The number of amides is 1. The molecular weight excluding hydrogens is 242 g/mol. The molecule has 1 aliphatic carbocycles. The van der Waals surface area contributed by atoms with E-state index in [1.807, 2.05) is 25.8 Å². The van der Waals surface area contributed by atoms with Gasteiger partial charge in [0.15, 0.2) is 0 Å². The number of aryl methyl sites for hydroxylation is 1. The van der Waals surface area contributed by atoms with Gasteiger partial charge in [-0.25, -0.2) is 9.97 Å². The molecule has 0 radical (unpaired) electrons. The van der Waals surface area contributed by atoms with E-state index in [1.54, 1.807) is 0 Å². The van der Waals surface area contributed by atoms with E-state index >= 15 is 0 Å². The lowest BCUT2D eigenvalue weighted by Crippen LogP contribution is -2.37. The zero-order valence-corrected chi connectivity index (χ0v) is 11.7. The van der Waals surface area contributed by atoms with Crippen LogP contribution in [0, 0.1) is 6.92 Å². The van der Waals surface area contributed by atoms with Crippen LogP contribution in [0.25, 0.3) is 0 Å². The average Bonchev–Trinajstić information content (AvgIpc) is 3.15. The smallest absolute Gasteiger partial charge is 0.239 e. The van der Waals surface area contributed by atoms with Crippen LogP contribution in [0.4, 0.5) is 11.6 Å². The van der Waals surface area contributed by atoms with Crippen molar-refractivity contribution in [1.82, 2.24) is 15.3 Å². The molecule has 3 N–H and O–H groups in total. The van der Waals surface area contributed by atoms with Crippen molar-refractivity contribution in [3.63, 3.8) is 0 Å². The molecule has 0 atom stereocenters. The van der Waals surface area contributed by atoms with E-state index in [9.17, 15) is 4.79 Å². The van der Waals surface area contributed by atoms with Crippen LogP contribution >= 0.6 is 0 Å². The Morgan fingerprint density at radius 1 is 1.47 bits per heavy atom. The number of nitrogens with two attached hydrogens (primary N) is 1. The van der Waals surface area contributed by atoms with Gasteiger partial charge in [-0.3, -0.25) is 4.79 Å². The molecule has 2 rings (SSSR count). The van der Waals surface area contributed by atoms with Crippen molar-refractivity contribution in [2.24, 2.45) is 0 Å². The highest BCUT2D eigenvalue weighted by atomic mass is 16.2. The molecule has 0 unspecified atom stereocenters. The fourth-order valence-electron chi connectivity index (χ4n) is 1.89. The van der Waals surface area contributed by atoms with E-state index in [1.165, 1.54) is 0 Å². The maximum absolute atomic E-state index is 11.8. The Balaban J connectivity index is 2.10. The second-order valence-corrected chi connectivity index (χ2v) is 5.03. The number of hydrogen-bond donors (Lipinski definition) is 2. The number of aromatic nitrogens is 2. The van der Waals surface area contributed by atoms with Crippen molar-refractivity contribution in [2.75, 3.05) is 24.2 Å². The predicted octanol–water partition coefficient (Wildman–Crippen LogP) is 0.644. The number of nitrogens with one attached hydrogen (secondary N) is 1. The Hall–Kier alpha value is -1.85. The third-order valence-electron chi connectivity index (χ3n) is 3.21. The van der Waals surface area contributed by atoms with Gasteiger partial charge in [0, 0.05) is 25.1 Å². The molecule has 0 spiro atoms. The number of anilines is 2. The molecule has 1 fully saturated rings. The van der Waals surface area contributed by atoms with Crippen molar-refractivity contribution in [1.29, 1.82) is 0 Å². The molecule has 104 valence electrons. The van der Waals surface area contributed by atoms with Crippen molar-refractivity contribution in [3.8, 4) is 0 Å². The molecule has 0 aromatic carbocycles. The van der Waals surface area contributed by atoms with Crippen molar-refractivity contribution in [2.45, 2.75) is 39.2 Å². The van der Waals surface area contributed by atoms with Crippen LogP contribution in [0.5, 0.6) is 0 Å². The molecule has 6 heteroatoms. The average molecular weight is 263 g/mol. The first-order valence-electron chi connectivity index (χ1n) is 6.64. The molecule has 1 amide bonds. The third kappa shape index (κ3) is 3.33. The highest BCUT2D eigenvalue weighted by molar-refractivity contribution is 5.81. The summed E-state index contributed by atoms with van der Waals surface area (Å²) >= 11 is 0. The normalized spacial score (nSPS) is 14.3. The maximum atomic E-state index is 11.8. The monoisotopic (exact) mass is 263 g/mol. The molecule has 1 saturated carbocycles. The van der Waals surface area contributed by atoms with Gasteiger partial charge in [0.1, 0.15) is 17.5 Å². The fraction of sp³-hybridized carbons (Fsp3) is 0.615. The molecule has 1 aliphatic rings. The van der Waals surface area contributed by atoms with Crippen LogP contribution in [0.3, 0.4) is 0 Å². The number of rotatable bonds is 5. The second kappa shape index (κ2) is 5.42. The lowest BCUT2D eigenvalue weighted by Gasteiger charge is -2.20. The van der Waals surface area contributed by atoms with E-state index in [2.05, 4.69) is 15.3 Å². The Morgan fingerprint density at radius 2 is 2.16 bits per heavy atom. The van der Waals surface area contributed by atoms with E-state index in [0.717, 1.165) is 30.6 Å². The number of hydrogen-bond acceptors (Lipinski definition) is 5. The molecule has 1 aromatic heterocycles. The Bertz CT molecular complexity index is 484. The van der Waals surface area contributed by atoms with Crippen molar-refractivity contribution < 1.29 is 4.79 Å².